The number of benzene rings is 2. The summed E-state index contributed by atoms with van der Waals surface area (Å²) in [5.74, 6) is 0.903. The first-order valence-electron chi connectivity index (χ1n) is 12.9. The normalized spacial score (nSPS) is 20.7. The van der Waals surface area contributed by atoms with E-state index in [4.69, 9.17) is 22.3 Å². The maximum Gasteiger partial charge on any atom is 0.416 e. The molecule has 7 nitrogen and oxygen atoms in total. The average molecular weight is 694 g/mol. The van der Waals surface area contributed by atoms with E-state index in [9.17, 15) is 23.1 Å². The summed E-state index contributed by atoms with van der Waals surface area (Å²) in [6.07, 6.45) is 2.92. The van der Waals surface area contributed by atoms with E-state index in [2.05, 4.69) is 11.1 Å². The van der Waals surface area contributed by atoms with Crippen molar-refractivity contribution < 1.29 is 23.1 Å². The third-order valence-corrected chi connectivity index (χ3v) is 9.26. The van der Waals surface area contributed by atoms with Crippen LogP contribution in [0.2, 0.25) is 5.15 Å². The second-order valence-electron chi connectivity index (χ2n) is 10.3. The highest BCUT2D eigenvalue weighted by Crippen LogP contribution is 2.41. The zero-order chi connectivity index (χ0) is 29.1. The highest BCUT2D eigenvalue weighted by atomic mass is 127. The first-order chi connectivity index (χ1) is 19.4. The summed E-state index contributed by atoms with van der Waals surface area (Å²) in [4.78, 5) is 23.7. The molecule has 2 aliphatic rings. The van der Waals surface area contributed by atoms with Crippen molar-refractivity contribution in [3.63, 3.8) is 0 Å². The van der Waals surface area contributed by atoms with Crippen molar-refractivity contribution in [3.05, 3.63) is 94.5 Å². The summed E-state index contributed by atoms with van der Waals surface area (Å²) < 4.78 is 39.9. The number of hydrogen-bond acceptors (Lipinski definition) is 5. The van der Waals surface area contributed by atoms with E-state index in [1.165, 1.54) is 18.3 Å². The molecule has 2 aromatic carbocycles. The summed E-state index contributed by atoms with van der Waals surface area (Å²) in [5, 5.41) is 11.6. The van der Waals surface area contributed by atoms with Crippen molar-refractivity contribution in [1.82, 2.24) is 19.3 Å². The van der Waals surface area contributed by atoms with Crippen molar-refractivity contribution >= 4 is 51.4 Å². The van der Waals surface area contributed by atoms with Gasteiger partial charge in [-0.3, -0.25) is 9.20 Å². The minimum atomic E-state index is -4.53. The van der Waals surface area contributed by atoms with Gasteiger partial charge < -0.3 is 15.7 Å². The lowest BCUT2D eigenvalue weighted by Gasteiger charge is -2.39. The van der Waals surface area contributed by atoms with E-state index in [0.29, 0.717) is 46.3 Å². The van der Waals surface area contributed by atoms with Crippen LogP contribution in [0.1, 0.15) is 47.7 Å². The van der Waals surface area contributed by atoms with Crippen molar-refractivity contribution in [3.8, 4) is 11.3 Å². The van der Waals surface area contributed by atoms with Crippen molar-refractivity contribution in [1.29, 1.82) is 0 Å². The smallest absolute Gasteiger partial charge is 0.382 e. The summed E-state index contributed by atoms with van der Waals surface area (Å²) in [5.41, 5.74) is 7.70. The fourth-order valence-corrected chi connectivity index (χ4v) is 6.57. The van der Waals surface area contributed by atoms with Gasteiger partial charge in [0.15, 0.2) is 3.61 Å². The molecule has 2 aliphatic heterocycles. The van der Waals surface area contributed by atoms with Crippen LogP contribution >= 0.6 is 34.2 Å². The zero-order valence-electron chi connectivity index (χ0n) is 21.4. The number of nitrogen functional groups attached to an aromatic ring is 1. The number of aromatic nitrogens is 3. The van der Waals surface area contributed by atoms with Gasteiger partial charge in [0.25, 0.3) is 0 Å². The predicted octanol–water partition coefficient (Wildman–Crippen LogP) is 6.31. The number of aliphatic hydroxyl groups is 1. The Kier molecular flexibility index (Phi) is 7.02. The van der Waals surface area contributed by atoms with E-state index < -0.39 is 15.3 Å². The Hall–Kier alpha value is -3.16. The van der Waals surface area contributed by atoms with Gasteiger partial charge in [-0.1, -0.05) is 60.2 Å². The number of amides is 1. The van der Waals surface area contributed by atoms with Crippen LogP contribution in [0.3, 0.4) is 0 Å². The highest BCUT2D eigenvalue weighted by molar-refractivity contribution is 14.1. The Labute approximate surface area is 252 Å². The van der Waals surface area contributed by atoms with Crippen LogP contribution in [-0.4, -0.2) is 42.9 Å². The topological polar surface area (TPSA) is 96.8 Å². The number of fused-ring (bicyclic) bond motifs is 2. The molecule has 0 saturated carbocycles. The number of imidazole rings is 1. The number of carbonyl (C=O) groups is 1. The average Bonchev–Trinajstić information content (AvgIpc) is 3.37. The molecule has 2 aromatic heterocycles. The minimum Gasteiger partial charge on any atom is -0.382 e. The molecule has 1 amide bonds. The molecule has 0 bridgehead atoms. The number of alkyl halides is 4. The molecule has 1 saturated heterocycles. The van der Waals surface area contributed by atoms with E-state index in [1.54, 1.807) is 51.3 Å². The van der Waals surface area contributed by atoms with Gasteiger partial charge in [-0.15, -0.1) is 0 Å². The van der Waals surface area contributed by atoms with Gasteiger partial charge >= 0.3 is 6.18 Å². The van der Waals surface area contributed by atoms with Crippen molar-refractivity contribution in [2.45, 2.75) is 41.0 Å². The van der Waals surface area contributed by atoms with Crippen LogP contribution < -0.4 is 5.73 Å². The fraction of sp³-hybridized carbons (Fsp3) is 0.276. The Morgan fingerprint density at radius 2 is 1.80 bits per heavy atom. The number of rotatable bonds is 4. The SMILES string of the molecule is Nc1ncc(Cl)n2c([C@@H]3CC[C@H]4C=CCC(=O)N4C3)nc(-c3ccc([C@@](O)(I)c4cccc(C(F)(F)F)c4)cc3)c12. The number of piperidine rings is 1. The third kappa shape index (κ3) is 4.97. The van der Waals surface area contributed by atoms with Crippen LogP contribution in [0.5, 0.6) is 0 Å². The van der Waals surface area contributed by atoms with Gasteiger partial charge in [-0.05, 0) is 58.7 Å². The van der Waals surface area contributed by atoms with Gasteiger partial charge in [0.05, 0.1) is 17.8 Å². The summed E-state index contributed by atoms with van der Waals surface area (Å²) in [6.45, 7) is 0.503. The molecule has 3 atom stereocenters. The standard InChI is InChI=1S/C29H24ClF3IN5O2/c30-22-14-36-26(35)25-24(37-27(39(22)25)17-9-12-21-5-2-6-23(40)38(21)15-17)16-7-10-18(11-8-16)28(34,41)19-3-1-4-20(13-19)29(31,32)33/h1-5,7-8,10-11,13-14,17,21,41H,6,9,12,15H2,(H2,35,36)/t17-,21-,28+/m1/s1. The number of halogens is 5. The molecular formula is C29H24ClF3IN5O2. The van der Waals surface area contributed by atoms with Crippen molar-refractivity contribution in [2.75, 3.05) is 12.3 Å². The summed E-state index contributed by atoms with van der Waals surface area (Å²) in [6, 6.07) is 11.5. The highest BCUT2D eigenvalue weighted by Gasteiger charge is 2.36. The molecule has 3 N–H and O–H groups in total. The van der Waals surface area contributed by atoms with Crippen LogP contribution in [0.25, 0.3) is 16.8 Å². The first kappa shape index (κ1) is 28.0. The minimum absolute atomic E-state index is 0.0804. The van der Waals surface area contributed by atoms with Crippen LogP contribution in [0.15, 0.2) is 66.9 Å². The predicted molar refractivity (Wildman–Crippen MR) is 158 cm³/mol. The molecule has 1 fully saturated rings. The molecule has 4 aromatic rings. The molecule has 0 spiro atoms. The zero-order valence-corrected chi connectivity index (χ0v) is 24.4. The molecular weight excluding hydrogens is 670 g/mol. The van der Waals surface area contributed by atoms with Gasteiger partial charge in [-0.25, -0.2) is 9.97 Å². The summed E-state index contributed by atoms with van der Waals surface area (Å²) in [7, 11) is 0. The fourth-order valence-electron chi connectivity index (χ4n) is 5.66. The molecule has 6 rings (SSSR count). The van der Waals surface area contributed by atoms with Crippen LogP contribution in [0, 0.1) is 0 Å². The quantitative estimate of drug-likeness (QED) is 0.148. The third-order valence-electron chi connectivity index (χ3n) is 7.75. The van der Waals surface area contributed by atoms with Gasteiger partial charge in [0.2, 0.25) is 5.91 Å². The number of nitrogens with zero attached hydrogens (tertiary/aromatic N) is 4. The molecule has 0 radical (unpaired) electrons. The Morgan fingerprint density at radius 3 is 2.54 bits per heavy atom. The number of carbonyl (C=O) groups excluding carboxylic acids is 1. The Bertz CT molecular complexity index is 1690. The second-order valence-corrected chi connectivity index (χ2v) is 12.2. The maximum atomic E-state index is 13.3. The van der Waals surface area contributed by atoms with Gasteiger partial charge in [-0.2, -0.15) is 13.2 Å². The lowest BCUT2D eigenvalue weighted by atomic mass is 9.90. The van der Waals surface area contributed by atoms with Gasteiger partial charge in [0.1, 0.15) is 28.0 Å². The van der Waals surface area contributed by atoms with Crippen LogP contribution in [0.4, 0.5) is 19.0 Å². The Balaban J connectivity index is 1.38. The monoisotopic (exact) mass is 693 g/mol. The van der Waals surface area contributed by atoms with E-state index in [-0.39, 0.29) is 29.2 Å². The molecule has 0 aliphatic carbocycles. The second kappa shape index (κ2) is 10.3. The lowest BCUT2D eigenvalue weighted by molar-refractivity contribution is -0.137. The number of anilines is 1. The lowest BCUT2D eigenvalue weighted by Crippen LogP contribution is -2.47. The maximum absolute atomic E-state index is 13.3. The Morgan fingerprint density at radius 1 is 1.07 bits per heavy atom. The summed E-state index contributed by atoms with van der Waals surface area (Å²) >= 11 is 8.35. The van der Waals surface area contributed by atoms with Crippen LogP contribution in [-0.2, 0) is 14.6 Å². The van der Waals surface area contributed by atoms with Crippen molar-refractivity contribution in [2.24, 2.45) is 0 Å². The van der Waals surface area contributed by atoms with Gasteiger partial charge in [0, 0.05) is 24.4 Å². The first-order valence-corrected chi connectivity index (χ1v) is 14.4. The molecule has 12 heteroatoms. The van der Waals surface area contributed by atoms with E-state index in [0.717, 1.165) is 25.0 Å². The number of nitrogens with two attached hydrogens (primary N) is 1. The molecule has 0 unspecified atom stereocenters. The number of hydrogen-bond donors (Lipinski definition) is 2. The van der Waals surface area contributed by atoms with E-state index in [1.807, 2.05) is 11.0 Å². The molecule has 212 valence electrons. The van der Waals surface area contributed by atoms with E-state index >= 15 is 0 Å². The molecule has 4 heterocycles. The molecule has 41 heavy (non-hydrogen) atoms. The largest absolute Gasteiger partial charge is 0.416 e.